The SMILES string of the molecule is CCOC(=O)c1c[nH]c2[nH]c(=O)n(CCC3NC[C@@H]4CCc5c(OC)cccc5[C@H]34)c(=O)c12.Cl. The number of aromatic amines is 2. The summed E-state index contributed by atoms with van der Waals surface area (Å²) >= 11 is 0. The molecule has 5 rings (SSSR count). The second-order valence-electron chi connectivity index (χ2n) is 8.72. The number of carbonyl (C=O) groups excluding carboxylic acids is 1. The van der Waals surface area contributed by atoms with Crippen molar-refractivity contribution in [1.29, 1.82) is 0 Å². The third kappa shape index (κ3) is 3.92. The van der Waals surface area contributed by atoms with Gasteiger partial charge in [-0.25, -0.2) is 9.59 Å². The Balaban J connectivity index is 0.00000274. The van der Waals surface area contributed by atoms with Gasteiger partial charge < -0.3 is 19.8 Å². The number of aromatic nitrogens is 3. The van der Waals surface area contributed by atoms with Gasteiger partial charge in [0.05, 0.1) is 24.7 Å². The van der Waals surface area contributed by atoms with Gasteiger partial charge in [-0.1, -0.05) is 12.1 Å². The highest BCUT2D eigenvalue weighted by molar-refractivity contribution is 6.02. The number of ether oxygens (including phenoxy) is 2. The molecule has 0 spiro atoms. The Morgan fingerprint density at radius 2 is 2.09 bits per heavy atom. The number of fused-ring (bicyclic) bond motifs is 4. The predicted molar refractivity (Wildman–Crippen MR) is 130 cm³/mol. The average molecular weight is 489 g/mol. The van der Waals surface area contributed by atoms with E-state index in [0.717, 1.165) is 25.1 Å². The summed E-state index contributed by atoms with van der Waals surface area (Å²) in [7, 11) is 1.70. The molecular formula is C24H29ClN4O5. The Hall–Kier alpha value is -3.04. The lowest BCUT2D eigenvalue weighted by atomic mass is 9.73. The fourth-order valence-electron chi connectivity index (χ4n) is 5.59. The average Bonchev–Trinajstić information content (AvgIpc) is 3.43. The molecular weight excluding hydrogens is 460 g/mol. The molecule has 0 bridgehead atoms. The molecule has 2 aliphatic rings. The van der Waals surface area contributed by atoms with Crippen molar-refractivity contribution < 1.29 is 14.3 Å². The molecule has 3 heterocycles. The van der Waals surface area contributed by atoms with Crippen molar-refractivity contribution in [2.45, 2.75) is 44.7 Å². The maximum absolute atomic E-state index is 13.2. The first kappa shape index (κ1) is 24.1. The minimum atomic E-state index is -0.590. The fourth-order valence-corrected chi connectivity index (χ4v) is 5.59. The topological polar surface area (TPSA) is 118 Å². The normalized spacial score (nSPS) is 20.9. The van der Waals surface area contributed by atoms with E-state index in [0.29, 0.717) is 18.3 Å². The van der Waals surface area contributed by atoms with Gasteiger partial charge >= 0.3 is 11.7 Å². The van der Waals surface area contributed by atoms with Gasteiger partial charge in [0.1, 0.15) is 11.4 Å². The molecule has 3 atom stereocenters. The number of carbonyl (C=O) groups is 1. The van der Waals surface area contributed by atoms with Crippen molar-refractivity contribution in [2.24, 2.45) is 5.92 Å². The second-order valence-corrected chi connectivity index (χ2v) is 8.72. The highest BCUT2D eigenvalue weighted by Crippen LogP contribution is 2.45. The van der Waals surface area contributed by atoms with Gasteiger partial charge in [-0.05, 0) is 55.8 Å². The summed E-state index contributed by atoms with van der Waals surface area (Å²) in [5.41, 5.74) is 1.94. The van der Waals surface area contributed by atoms with Gasteiger partial charge in [-0.3, -0.25) is 14.3 Å². The smallest absolute Gasteiger partial charge is 0.340 e. The Kier molecular flexibility index (Phi) is 6.86. The van der Waals surface area contributed by atoms with Gasteiger partial charge in [0.2, 0.25) is 0 Å². The van der Waals surface area contributed by atoms with Crippen LogP contribution in [0.1, 0.15) is 47.2 Å². The minimum absolute atomic E-state index is 0. The summed E-state index contributed by atoms with van der Waals surface area (Å²) in [5, 5.41) is 3.77. The first-order valence-electron chi connectivity index (χ1n) is 11.4. The van der Waals surface area contributed by atoms with Crippen molar-refractivity contribution in [2.75, 3.05) is 20.3 Å². The number of nitrogens with zero attached hydrogens (tertiary/aromatic N) is 1. The molecule has 3 aromatic rings. The maximum Gasteiger partial charge on any atom is 0.340 e. The number of esters is 1. The number of nitrogens with one attached hydrogen (secondary N) is 3. The lowest BCUT2D eigenvalue weighted by Crippen LogP contribution is -2.38. The van der Waals surface area contributed by atoms with E-state index in [-0.39, 0.29) is 48.2 Å². The van der Waals surface area contributed by atoms with Gasteiger partial charge in [-0.2, -0.15) is 0 Å². The van der Waals surface area contributed by atoms with E-state index >= 15 is 0 Å². The molecule has 3 N–H and O–H groups in total. The first-order chi connectivity index (χ1) is 16.0. The fraction of sp³-hybridized carbons (Fsp3) is 0.458. The zero-order valence-corrected chi connectivity index (χ0v) is 20.0. The number of rotatable bonds is 6. The maximum atomic E-state index is 13.2. The predicted octanol–water partition coefficient (Wildman–Crippen LogP) is 2.33. The van der Waals surface area contributed by atoms with Crippen LogP contribution in [0, 0.1) is 5.92 Å². The Morgan fingerprint density at radius 1 is 1.26 bits per heavy atom. The van der Waals surface area contributed by atoms with E-state index < -0.39 is 17.2 Å². The van der Waals surface area contributed by atoms with Crippen molar-refractivity contribution >= 4 is 29.4 Å². The standard InChI is InChI=1S/C24H28N4O5.ClH/c1-3-33-23(30)16-12-26-21-20(16)22(29)28(24(31)27-21)10-9-17-19-13(11-25-17)7-8-14-15(19)5-4-6-18(14)32-2;/h4-6,12-13,17,19,25-26H,3,7-11H2,1-2H3,(H,27,31);1H/t13-,17?,19+;/m0./s1. The molecule has 0 saturated carbocycles. The number of benzene rings is 1. The molecule has 1 aliphatic carbocycles. The number of halogens is 1. The van der Waals surface area contributed by atoms with Crippen molar-refractivity contribution in [3.8, 4) is 5.75 Å². The van der Waals surface area contributed by atoms with Crippen LogP contribution >= 0.6 is 12.4 Å². The highest BCUT2D eigenvalue weighted by atomic mass is 35.5. The zero-order chi connectivity index (χ0) is 23.1. The van der Waals surface area contributed by atoms with Crippen LogP contribution in [0.25, 0.3) is 11.0 Å². The Bertz CT molecular complexity index is 1330. The molecule has 2 aromatic heterocycles. The van der Waals surface area contributed by atoms with Crippen LogP contribution in [0.4, 0.5) is 0 Å². The van der Waals surface area contributed by atoms with Gasteiger partial charge in [0.15, 0.2) is 0 Å². The number of hydrogen-bond acceptors (Lipinski definition) is 6. The molecule has 1 fully saturated rings. The molecule has 1 unspecified atom stereocenters. The summed E-state index contributed by atoms with van der Waals surface area (Å²) in [6, 6.07) is 6.34. The van der Waals surface area contributed by atoms with Crippen LogP contribution < -0.4 is 21.3 Å². The molecule has 1 aromatic carbocycles. The van der Waals surface area contributed by atoms with E-state index in [2.05, 4.69) is 21.4 Å². The van der Waals surface area contributed by atoms with Gasteiger partial charge in [0, 0.05) is 24.7 Å². The van der Waals surface area contributed by atoms with Gasteiger partial charge in [0.25, 0.3) is 5.56 Å². The third-order valence-corrected chi connectivity index (χ3v) is 7.07. The lowest BCUT2D eigenvalue weighted by molar-refractivity contribution is 0.0528. The van der Waals surface area contributed by atoms with Crippen LogP contribution in [0.15, 0.2) is 34.0 Å². The highest BCUT2D eigenvalue weighted by Gasteiger charge is 2.40. The third-order valence-electron chi connectivity index (χ3n) is 7.07. The largest absolute Gasteiger partial charge is 0.496 e. The first-order valence-corrected chi connectivity index (χ1v) is 11.4. The molecule has 0 radical (unpaired) electrons. The lowest BCUT2D eigenvalue weighted by Gasteiger charge is -2.32. The zero-order valence-electron chi connectivity index (χ0n) is 19.2. The van der Waals surface area contributed by atoms with Crippen molar-refractivity contribution in [3.63, 3.8) is 0 Å². The van der Waals surface area contributed by atoms with E-state index in [1.54, 1.807) is 14.0 Å². The summed E-state index contributed by atoms with van der Waals surface area (Å²) < 4.78 is 11.8. The van der Waals surface area contributed by atoms with Gasteiger partial charge in [-0.15, -0.1) is 12.4 Å². The summed E-state index contributed by atoms with van der Waals surface area (Å²) in [6.07, 6.45) is 4.10. The molecule has 34 heavy (non-hydrogen) atoms. The van der Waals surface area contributed by atoms with Crippen molar-refractivity contribution in [1.82, 2.24) is 19.9 Å². The van der Waals surface area contributed by atoms with Crippen LogP contribution in [-0.2, 0) is 17.7 Å². The Morgan fingerprint density at radius 3 is 2.85 bits per heavy atom. The van der Waals surface area contributed by atoms with E-state index in [4.69, 9.17) is 9.47 Å². The molecule has 9 nitrogen and oxygen atoms in total. The molecule has 10 heteroatoms. The number of H-pyrrole nitrogens is 2. The quantitative estimate of drug-likeness (QED) is 0.458. The van der Waals surface area contributed by atoms with E-state index in [9.17, 15) is 14.4 Å². The van der Waals surface area contributed by atoms with Crippen LogP contribution in [0.2, 0.25) is 0 Å². The number of methoxy groups -OCH3 is 1. The molecule has 0 amide bonds. The monoisotopic (exact) mass is 488 g/mol. The van der Waals surface area contributed by atoms with E-state index in [1.165, 1.54) is 21.9 Å². The van der Waals surface area contributed by atoms with Crippen molar-refractivity contribution in [3.05, 3.63) is 61.9 Å². The molecule has 182 valence electrons. The van der Waals surface area contributed by atoms with E-state index in [1.807, 2.05) is 12.1 Å². The summed E-state index contributed by atoms with van der Waals surface area (Å²) in [4.78, 5) is 43.6. The van der Waals surface area contributed by atoms with Crippen LogP contribution in [-0.4, -0.2) is 46.8 Å². The Labute approximate surface area is 202 Å². The second kappa shape index (κ2) is 9.68. The summed E-state index contributed by atoms with van der Waals surface area (Å²) in [5.74, 6) is 1.16. The van der Waals surface area contributed by atoms with Crippen LogP contribution in [0.3, 0.4) is 0 Å². The van der Waals surface area contributed by atoms with Crippen LogP contribution in [0.5, 0.6) is 5.75 Å². The minimum Gasteiger partial charge on any atom is -0.496 e. The summed E-state index contributed by atoms with van der Waals surface area (Å²) in [6.45, 7) is 3.07. The molecule has 1 aliphatic heterocycles. The molecule has 1 saturated heterocycles. The number of hydrogen-bond donors (Lipinski definition) is 3.